The summed E-state index contributed by atoms with van der Waals surface area (Å²) in [4.78, 5) is 2.02. The van der Waals surface area contributed by atoms with Gasteiger partial charge in [0.15, 0.2) is 0 Å². The van der Waals surface area contributed by atoms with Crippen molar-refractivity contribution in [1.29, 1.82) is 0 Å². The number of hydrogen-bond donors (Lipinski definition) is 1. The van der Waals surface area contributed by atoms with E-state index < -0.39 is 15.8 Å². The standard InChI is InChI=1S/C9H19F2N3O2S/c1-9(2,7-12)13-3-5-14(6-4-13)17(15,16)8(10)11/h8H,3-7,12H2,1-2H3. The molecule has 0 bridgehead atoms. The van der Waals surface area contributed by atoms with E-state index in [1.165, 1.54) is 0 Å². The van der Waals surface area contributed by atoms with Crippen LogP contribution in [0.25, 0.3) is 0 Å². The Bertz CT molecular complexity index is 351. The van der Waals surface area contributed by atoms with Crippen LogP contribution in [-0.2, 0) is 10.0 Å². The van der Waals surface area contributed by atoms with E-state index in [1.54, 1.807) is 0 Å². The third-order valence-corrected chi connectivity index (χ3v) is 4.71. The van der Waals surface area contributed by atoms with Crippen molar-refractivity contribution in [2.24, 2.45) is 5.73 Å². The van der Waals surface area contributed by atoms with E-state index in [4.69, 9.17) is 5.73 Å². The quantitative estimate of drug-likeness (QED) is 0.775. The number of nitrogens with two attached hydrogens (primary N) is 1. The highest BCUT2D eigenvalue weighted by atomic mass is 32.2. The molecule has 1 fully saturated rings. The molecule has 5 nitrogen and oxygen atoms in total. The molecule has 1 rings (SSSR count). The van der Waals surface area contributed by atoms with Gasteiger partial charge in [-0.05, 0) is 13.8 Å². The molecule has 0 aromatic heterocycles. The second-order valence-corrected chi connectivity index (χ2v) is 6.61. The molecule has 0 radical (unpaired) electrons. The summed E-state index contributed by atoms with van der Waals surface area (Å²) in [6.07, 6.45) is 0. The Morgan fingerprint density at radius 2 is 1.71 bits per heavy atom. The smallest absolute Gasteiger partial charge is 0.329 e. The molecule has 0 aromatic carbocycles. The number of alkyl halides is 2. The summed E-state index contributed by atoms with van der Waals surface area (Å²) in [6, 6.07) is 0. The minimum Gasteiger partial charge on any atom is -0.329 e. The van der Waals surface area contributed by atoms with Gasteiger partial charge in [0.2, 0.25) is 0 Å². The van der Waals surface area contributed by atoms with Crippen molar-refractivity contribution in [3.63, 3.8) is 0 Å². The molecule has 0 spiro atoms. The summed E-state index contributed by atoms with van der Waals surface area (Å²) in [6.45, 7) is 5.38. The average molecular weight is 271 g/mol. The minimum atomic E-state index is -4.43. The highest BCUT2D eigenvalue weighted by Crippen LogP contribution is 2.19. The number of hydrogen-bond acceptors (Lipinski definition) is 4. The molecule has 1 aliphatic rings. The van der Waals surface area contributed by atoms with E-state index in [1.807, 2.05) is 18.7 Å². The molecule has 0 aromatic rings. The lowest BCUT2D eigenvalue weighted by atomic mass is 10.0. The predicted octanol–water partition coefficient (Wildman–Crippen LogP) is -0.106. The minimum absolute atomic E-state index is 0.0934. The fourth-order valence-corrected chi connectivity index (χ4v) is 2.69. The Labute approximate surface area is 101 Å². The first-order chi connectivity index (χ1) is 7.71. The maximum Gasteiger partial charge on any atom is 0.350 e. The van der Waals surface area contributed by atoms with Crippen molar-refractivity contribution in [3.8, 4) is 0 Å². The van der Waals surface area contributed by atoms with E-state index in [9.17, 15) is 17.2 Å². The van der Waals surface area contributed by atoms with Crippen LogP contribution in [-0.4, -0.2) is 61.6 Å². The third-order valence-electron chi connectivity index (χ3n) is 3.18. The Balaban J connectivity index is 2.64. The molecule has 8 heteroatoms. The molecule has 1 aliphatic heterocycles. The fourth-order valence-electron chi connectivity index (χ4n) is 1.79. The van der Waals surface area contributed by atoms with Gasteiger partial charge in [0, 0.05) is 38.3 Å². The van der Waals surface area contributed by atoms with Crippen molar-refractivity contribution in [1.82, 2.24) is 9.21 Å². The van der Waals surface area contributed by atoms with Crippen molar-refractivity contribution in [2.75, 3.05) is 32.7 Å². The maximum absolute atomic E-state index is 12.3. The van der Waals surface area contributed by atoms with E-state index in [2.05, 4.69) is 0 Å². The van der Waals surface area contributed by atoms with E-state index in [0.717, 1.165) is 4.31 Å². The molecule has 1 saturated heterocycles. The number of piperazine rings is 1. The molecule has 17 heavy (non-hydrogen) atoms. The Morgan fingerprint density at radius 1 is 1.24 bits per heavy atom. The van der Waals surface area contributed by atoms with Gasteiger partial charge in [-0.25, -0.2) is 8.42 Å². The van der Waals surface area contributed by atoms with Gasteiger partial charge < -0.3 is 5.73 Å². The molecule has 2 N–H and O–H groups in total. The Hall–Kier alpha value is -0.310. The summed E-state index contributed by atoms with van der Waals surface area (Å²) >= 11 is 0. The lowest BCUT2D eigenvalue weighted by Gasteiger charge is -2.42. The highest BCUT2D eigenvalue weighted by Gasteiger charge is 2.36. The first kappa shape index (κ1) is 14.7. The summed E-state index contributed by atoms with van der Waals surface area (Å²) < 4.78 is 48.0. The zero-order valence-electron chi connectivity index (χ0n) is 10.1. The molecular formula is C9H19F2N3O2S. The highest BCUT2D eigenvalue weighted by molar-refractivity contribution is 7.89. The van der Waals surface area contributed by atoms with Crippen LogP contribution in [0.1, 0.15) is 13.8 Å². The topological polar surface area (TPSA) is 66.6 Å². The molecule has 0 unspecified atom stereocenters. The van der Waals surface area contributed by atoms with Crippen LogP contribution in [0.15, 0.2) is 0 Å². The monoisotopic (exact) mass is 271 g/mol. The lowest BCUT2D eigenvalue weighted by molar-refractivity contribution is 0.0818. The average Bonchev–Trinajstić information content (AvgIpc) is 2.29. The van der Waals surface area contributed by atoms with Gasteiger partial charge in [0.1, 0.15) is 0 Å². The summed E-state index contributed by atoms with van der Waals surface area (Å²) in [5.74, 6) is -3.34. The van der Waals surface area contributed by atoms with Crippen molar-refractivity contribution < 1.29 is 17.2 Å². The zero-order chi connectivity index (χ0) is 13.3. The first-order valence-corrected chi connectivity index (χ1v) is 6.94. The molecule has 0 saturated carbocycles. The zero-order valence-corrected chi connectivity index (χ0v) is 10.9. The van der Waals surface area contributed by atoms with Crippen LogP contribution in [0.4, 0.5) is 8.78 Å². The fraction of sp³-hybridized carbons (Fsp3) is 1.00. The van der Waals surface area contributed by atoms with E-state index >= 15 is 0 Å². The number of nitrogens with zero attached hydrogens (tertiary/aromatic N) is 2. The van der Waals surface area contributed by atoms with Crippen LogP contribution >= 0.6 is 0 Å². The van der Waals surface area contributed by atoms with Gasteiger partial charge in [-0.2, -0.15) is 13.1 Å². The lowest BCUT2D eigenvalue weighted by Crippen LogP contribution is -2.58. The first-order valence-electron chi connectivity index (χ1n) is 5.44. The molecule has 0 amide bonds. The second kappa shape index (κ2) is 5.13. The van der Waals surface area contributed by atoms with Gasteiger partial charge in [-0.1, -0.05) is 0 Å². The second-order valence-electron chi connectivity index (χ2n) is 4.71. The van der Waals surface area contributed by atoms with E-state index in [0.29, 0.717) is 19.6 Å². The maximum atomic E-state index is 12.3. The Kier molecular flexibility index (Phi) is 4.45. The van der Waals surface area contributed by atoms with Crippen LogP contribution < -0.4 is 5.73 Å². The van der Waals surface area contributed by atoms with Gasteiger partial charge in [0.25, 0.3) is 10.0 Å². The van der Waals surface area contributed by atoms with Crippen LogP contribution in [0, 0.1) is 0 Å². The normalized spacial score (nSPS) is 21.1. The molecule has 0 aliphatic carbocycles. The third kappa shape index (κ3) is 3.12. The van der Waals surface area contributed by atoms with Crippen molar-refractivity contribution in [2.45, 2.75) is 25.1 Å². The number of halogens is 2. The Morgan fingerprint density at radius 3 is 2.06 bits per heavy atom. The van der Waals surface area contributed by atoms with Gasteiger partial charge in [-0.3, -0.25) is 4.90 Å². The van der Waals surface area contributed by atoms with Crippen molar-refractivity contribution in [3.05, 3.63) is 0 Å². The molecule has 0 atom stereocenters. The number of rotatable bonds is 4. The van der Waals surface area contributed by atoms with Crippen LogP contribution in [0.3, 0.4) is 0 Å². The van der Waals surface area contributed by atoms with E-state index in [-0.39, 0.29) is 18.6 Å². The molecular weight excluding hydrogens is 252 g/mol. The van der Waals surface area contributed by atoms with Crippen LogP contribution in [0.5, 0.6) is 0 Å². The molecule has 102 valence electrons. The number of sulfonamides is 1. The largest absolute Gasteiger partial charge is 0.350 e. The van der Waals surface area contributed by atoms with Crippen molar-refractivity contribution >= 4 is 10.0 Å². The summed E-state index contributed by atoms with van der Waals surface area (Å²) in [7, 11) is -4.43. The predicted molar refractivity (Wildman–Crippen MR) is 61.2 cm³/mol. The van der Waals surface area contributed by atoms with Gasteiger partial charge in [-0.15, -0.1) is 0 Å². The molecule has 1 heterocycles. The van der Waals surface area contributed by atoms with Crippen LogP contribution in [0.2, 0.25) is 0 Å². The van der Waals surface area contributed by atoms with Gasteiger partial charge >= 0.3 is 5.76 Å². The summed E-state index contributed by atoms with van der Waals surface area (Å²) in [5.41, 5.74) is 5.38. The SMILES string of the molecule is CC(C)(CN)N1CCN(S(=O)(=O)C(F)F)CC1. The van der Waals surface area contributed by atoms with Gasteiger partial charge in [0.05, 0.1) is 0 Å². The summed E-state index contributed by atoms with van der Waals surface area (Å²) in [5, 5.41) is 0.